The van der Waals surface area contributed by atoms with Crippen LogP contribution in [0, 0.1) is 0 Å². The van der Waals surface area contributed by atoms with E-state index in [0.717, 1.165) is 12.0 Å². The van der Waals surface area contributed by atoms with E-state index in [1.54, 1.807) is 4.90 Å². The Balaban J connectivity index is 1.54. The van der Waals surface area contributed by atoms with Gasteiger partial charge < -0.3 is 9.42 Å². The molecule has 0 bridgehead atoms. The minimum absolute atomic E-state index is 0.161. The molecule has 0 spiro atoms. The number of aromatic amines is 1. The van der Waals surface area contributed by atoms with Crippen molar-refractivity contribution in [3.63, 3.8) is 0 Å². The van der Waals surface area contributed by atoms with Crippen molar-refractivity contribution in [2.45, 2.75) is 25.4 Å². The number of nitrogens with zero attached hydrogens (tertiary/aromatic N) is 4. The molecular formula is C18H17N5O4. The van der Waals surface area contributed by atoms with Crippen LogP contribution in [0.25, 0.3) is 11.4 Å². The topological polar surface area (TPSA) is 114 Å². The maximum Gasteiger partial charge on any atom is 0.328 e. The van der Waals surface area contributed by atoms with Crippen molar-refractivity contribution in [2.75, 3.05) is 6.54 Å². The molecule has 1 N–H and O–H groups in total. The van der Waals surface area contributed by atoms with Gasteiger partial charge in [-0.25, -0.2) is 4.79 Å². The van der Waals surface area contributed by atoms with Gasteiger partial charge in [0.1, 0.15) is 12.6 Å². The van der Waals surface area contributed by atoms with Crippen LogP contribution in [0.4, 0.5) is 0 Å². The highest BCUT2D eigenvalue weighted by molar-refractivity contribution is 5.76. The lowest BCUT2D eigenvalue weighted by molar-refractivity contribution is -0.133. The second kappa shape index (κ2) is 7.02. The number of aromatic nitrogens is 4. The Bertz CT molecular complexity index is 1070. The van der Waals surface area contributed by atoms with Gasteiger partial charge in [0.25, 0.3) is 5.56 Å². The van der Waals surface area contributed by atoms with Crippen LogP contribution in [0.1, 0.15) is 24.8 Å². The lowest BCUT2D eigenvalue weighted by atomic mass is 10.2. The van der Waals surface area contributed by atoms with Gasteiger partial charge in [-0.05, 0) is 12.8 Å². The average molecular weight is 367 g/mol. The van der Waals surface area contributed by atoms with Gasteiger partial charge in [-0.15, -0.1) is 0 Å². The molecular weight excluding hydrogens is 350 g/mol. The Labute approximate surface area is 153 Å². The Morgan fingerprint density at radius 2 is 2.04 bits per heavy atom. The van der Waals surface area contributed by atoms with Gasteiger partial charge in [-0.1, -0.05) is 35.5 Å². The van der Waals surface area contributed by atoms with Crippen LogP contribution in [-0.4, -0.2) is 37.0 Å². The summed E-state index contributed by atoms with van der Waals surface area (Å²) in [5.74, 6) is 0.612. The molecule has 0 radical (unpaired) electrons. The number of likely N-dealkylation sites (tertiary alicyclic amines) is 1. The third-order valence-corrected chi connectivity index (χ3v) is 4.53. The van der Waals surface area contributed by atoms with Gasteiger partial charge >= 0.3 is 5.69 Å². The van der Waals surface area contributed by atoms with E-state index in [1.807, 2.05) is 30.3 Å². The number of rotatable bonds is 4. The van der Waals surface area contributed by atoms with Crippen LogP contribution < -0.4 is 11.2 Å². The number of hydrogen-bond donors (Lipinski definition) is 1. The summed E-state index contributed by atoms with van der Waals surface area (Å²) in [4.78, 5) is 43.9. The van der Waals surface area contributed by atoms with E-state index in [0.29, 0.717) is 24.7 Å². The molecule has 4 rings (SSSR count). The van der Waals surface area contributed by atoms with E-state index in [9.17, 15) is 14.4 Å². The van der Waals surface area contributed by atoms with E-state index in [4.69, 9.17) is 4.52 Å². The lowest BCUT2D eigenvalue weighted by Crippen LogP contribution is -2.38. The van der Waals surface area contributed by atoms with Gasteiger partial charge in [0.2, 0.25) is 17.6 Å². The predicted octanol–water partition coefficient (Wildman–Crippen LogP) is 0.950. The van der Waals surface area contributed by atoms with Crippen LogP contribution in [-0.2, 0) is 11.3 Å². The summed E-state index contributed by atoms with van der Waals surface area (Å²) in [7, 11) is 0. The van der Waals surface area contributed by atoms with E-state index in [1.165, 1.54) is 16.8 Å². The third-order valence-electron chi connectivity index (χ3n) is 4.53. The molecule has 1 aliphatic rings. The van der Waals surface area contributed by atoms with Crippen molar-refractivity contribution >= 4 is 5.91 Å². The number of carbonyl (C=O) groups is 1. The first-order valence-corrected chi connectivity index (χ1v) is 8.60. The summed E-state index contributed by atoms with van der Waals surface area (Å²) in [6, 6.07) is 10.3. The standard InChI is InChI=1S/C18H17N5O4/c24-14-8-10-22(18(26)19-14)11-15(25)23-9-4-7-13(23)17-20-16(21-27-17)12-5-2-1-3-6-12/h1-3,5-6,8,10,13H,4,7,9,11H2,(H,19,24,26)/t13-/m0/s1. The van der Waals surface area contributed by atoms with Crippen LogP contribution in [0.15, 0.2) is 56.7 Å². The maximum absolute atomic E-state index is 12.7. The summed E-state index contributed by atoms with van der Waals surface area (Å²) >= 11 is 0. The molecule has 1 aliphatic heterocycles. The second-order valence-corrected chi connectivity index (χ2v) is 6.31. The van der Waals surface area contributed by atoms with Crippen molar-refractivity contribution in [1.82, 2.24) is 24.6 Å². The molecule has 27 heavy (non-hydrogen) atoms. The molecule has 0 saturated carbocycles. The zero-order chi connectivity index (χ0) is 18.8. The summed E-state index contributed by atoms with van der Waals surface area (Å²) < 4.78 is 6.57. The Kier molecular flexibility index (Phi) is 4.41. The minimum Gasteiger partial charge on any atom is -0.337 e. The number of amides is 1. The van der Waals surface area contributed by atoms with E-state index in [-0.39, 0.29) is 18.5 Å². The van der Waals surface area contributed by atoms with Gasteiger partial charge in [0, 0.05) is 24.4 Å². The van der Waals surface area contributed by atoms with Crippen molar-refractivity contribution in [3.05, 3.63) is 69.3 Å². The van der Waals surface area contributed by atoms with Gasteiger partial charge in [0.05, 0.1) is 0 Å². The highest BCUT2D eigenvalue weighted by atomic mass is 16.5. The maximum atomic E-state index is 12.7. The number of nitrogens with one attached hydrogen (secondary N) is 1. The van der Waals surface area contributed by atoms with Crippen molar-refractivity contribution in [1.29, 1.82) is 0 Å². The largest absolute Gasteiger partial charge is 0.337 e. The fraction of sp³-hybridized carbons (Fsp3) is 0.278. The third kappa shape index (κ3) is 3.43. The first-order chi connectivity index (χ1) is 13.1. The van der Waals surface area contributed by atoms with Crippen molar-refractivity contribution in [3.8, 4) is 11.4 Å². The second-order valence-electron chi connectivity index (χ2n) is 6.31. The Morgan fingerprint density at radius 3 is 2.81 bits per heavy atom. The SMILES string of the molecule is O=C(Cn1ccc(=O)[nH]c1=O)N1CCC[C@H]1c1nc(-c2ccccc2)no1. The molecule has 1 fully saturated rings. The van der Waals surface area contributed by atoms with Crippen LogP contribution in [0.3, 0.4) is 0 Å². The van der Waals surface area contributed by atoms with E-state index >= 15 is 0 Å². The lowest BCUT2D eigenvalue weighted by Gasteiger charge is -2.22. The fourth-order valence-corrected chi connectivity index (χ4v) is 3.20. The quantitative estimate of drug-likeness (QED) is 0.734. The number of carbonyl (C=O) groups excluding carboxylic acids is 1. The van der Waals surface area contributed by atoms with Crippen LogP contribution >= 0.6 is 0 Å². The smallest absolute Gasteiger partial charge is 0.328 e. The highest BCUT2D eigenvalue weighted by Gasteiger charge is 2.34. The van der Waals surface area contributed by atoms with E-state index < -0.39 is 11.2 Å². The molecule has 2 aromatic heterocycles. The molecule has 1 amide bonds. The van der Waals surface area contributed by atoms with Crippen LogP contribution in [0.5, 0.6) is 0 Å². The molecule has 1 atom stereocenters. The number of hydrogen-bond acceptors (Lipinski definition) is 6. The highest BCUT2D eigenvalue weighted by Crippen LogP contribution is 2.32. The molecule has 0 aliphatic carbocycles. The first-order valence-electron chi connectivity index (χ1n) is 8.60. The van der Waals surface area contributed by atoms with E-state index in [2.05, 4.69) is 15.1 Å². The molecule has 1 saturated heterocycles. The summed E-state index contributed by atoms with van der Waals surface area (Å²) in [5.41, 5.74) is -0.277. The van der Waals surface area contributed by atoms with Crippen molar-refractivity contribution < 1.29 is 9.32 Å². The fourth-order valence-electron chi connectivity index (χ4n) is 3.20. The molecule has 1 aromatic carbocycles. The average Bonchev–Trinajstić information content (AvgIpc) is 3.33. The molecule has 3 aromatic rings. The summed E-state index contributed by atoms with van der Waals surface area (Å²) in [5, 5.41) is 4.01. The minimum atomic E-state index is -0.615. The van der Waals surface area contributed by atoms with Crippen LogP contribution in [0.2, 0.25) is 0 Å². The van der Waals surface area contributed by atoms with Gasteiger partial charge in [-0.3, -0.25) is 19.1 Å². The zero-order valence-corrected chi connectivity index (χ0v) is 14.4. The normalized spacial score (nSPS) is 16.6. The summed E-state index contributed by atoms with van der Waals surface area (Å²) in [6.45, 7) is 0.385. The predicted molar refractivity (Wildman–Crippen MR) is 94.7 cm³/mol. The molecule has 9 heteroatoms. The molecule has 138 valence electrons. The first kappa shape index (κ1) is 17.0. The number of H-pyrrole nitrogens is 1. The van der Waals surface area contributed by atoms with Crippen molar-refractivity contribution in [2.24, 2.45) is 0 Å². The molecule has 3 heterocycles. The summed E-state index contributed by atoms with van der Waals surface area (Å²) in [6.07, 6.45) is 2.83. The Morgan fingerprint density at radius 1 is 1.22 bits per heavy atom. The monoisotopic (exact) mass is 367 g/mol. The molecule has 0 unspecified atom stereocenters. The zero-order valence-electron chi connectivity index (χ0n) is 14.4. The number of benzene rings is 1. The van der Waals surface area contributed by atoms with Gasteiger partial charge in [-0.2, -0.15) is 4.98 Å². The molecule has 9 nitrogen and oxygen atoms in total. The Hall–Kier alpha value is -3.49. The van der Waals surface area contributed by atoms with Gasteiger partial charge in [0.15, 0.2) is 0 Å².